The van der Waals surface area contributed by atoms with Crippen LogP contribution in [0.25, 0.3) is 12.2 Å². The monoisotopic (exact) mass is 490 g/mol. The molecule has 0 aliphatic rings. The number of phenols is 1. The molecule has 0 saturated heterocycles. The summed E-state index contributed by atoms with van der Waals surface area (Å²) in [7, 11) is 0. The predicted molar refractivity (Wildman–Crippen MR) is 139 cm³/mol. The SMILES string of the molecule is C=COC(=C=Cc1ccc(O)cc1)C=C=Cc1ccc(OC(=O)OC(C)(C)C)cc1.C=COC(C)=O. The van der Waals surface area contributed by atoms with Gasteiger partial charge in [0, 0.05) is 13.0 Å². The minimum Gasteiger partial charge on any atom is -0.508 e. The van der Waals surface area contributed by atoms with E-state index >= 15 is 0 Å². The molecule has 36 heavy (non-hydrogen) atoms. The quantitative estimate of drug-likeness (QED) is 0.148. The van der Waals surface area contributed by atoms with E-state index in [9.17, 15) is 14.7 Å². The number of rotatable bonds is 7. The fourth-order valence-corrected chi connectivity index (χ4v) is 2.25. The first-order chi connectivity index (χ1) is 17.0. The van der Waals surface area contributed by atoms with E-state index in [0.29, 0.717) is 11.5 Å². The Bertz CT molecular complexity index is 1150. The molecule has 0 aliphatic heterocycles. The van der Waals surface area contributed by atoms with Crippen molar-refractivity contribution in [1.82, 2.24) is 0 Å². The van der Waals surface area contributed by atoms with Crippen LogP contribution in [0.5, 0.6) is 11.5 Å². The van der Waals surface area contributed by atoms with Crippen molar-refractivity contribution in [2.45, 2.75) is 33.3 Å². The van der Waals surface area contributed by atoms with Gasteiger partial charge in [0.05, 0.1) is 12.5 Å². The first kappa shape index (κ1) is 29.3. The first-order valence-electron chi connectivity index (χ1n) is 10.8. The van der Waals surface area contributed by atoms with E-state index in [0.717, 1.165) is 17.4 Å². The van der Waals surface area contributed by atoms with Gasteiger partial charge in [-0.3, -0.25) is 4.79 Å². The summed E-state index contributed by atoms with van der Waals surface area (Å²) >= 11 is 0. The van der Waals surface area contributed by atoms with Crippen molar-refractivity contribution in [1.29, 1.82) is 0 Å². The normalized spacial score (nSPS) is 9.44. The summed E-state index contributed by atoms with van der Waals surface area (Å²) in [5, 5.41) is 9.32. The molecule has 2 aromatic carbocycles. The molecule has 0 radical (unpaired) electrons. The van der Waals surface area contributed by atoms with Gasteiger partial charge in [0.25, 0.3) is 0 Å². The Labute approximate surface area is 211 Å². The second kappa shape index (κ2) is 15.3. The molecule has 2 rings (SSSR count). The average molecular weight is 491 g/mol. The molecule has 0 atom stereocenters. The molecule has 0 amide bonds. The fraction of sp³-hybridized carbons (Fsp3) is 0.172. The molecule has 0 saturated carbocycles. The molecule has 2 aromatic rings. The summed E-state index contributed by atoms with van der Waals surface area (Å²) in [6.07, 6.45) is 6.73. The number of carbonyl (C=O) groups excluding carboxylic acids is 2. The Morgan fingerprint density at radius 3 is 1.94 bits per heavy atom. The summed E-state index contributed by atoms with van der Waals surface area (Å²) in [6, 6.07) is 13.6. The number of aromatic hydroxyl groups is 1. The smallest absolute Gasteiger partial charge is 0.508 e. The zero-order chi connectivity index (χ0) is 27.0. The van der Waals surface area contributed by atoms with Crippen LogP contribution < -0.4 is 4.74 Å². The molecule has 0 unspecified atom stereocenters. The van der Waals surface area contributed by atoms with Gasteiger partial charge < -0.3 is 24.1 Å². The molecular weight excluding hydrogens is 460 g/mol. The van der Waals surface area contributed by atoms with E-state index in [1.165, 1.54) is 13.2 Å². The van der Waals surface area contributed by atoms with Gasteiger partial charge in [-0.15, -0.1) is 5.73 Å². The highest BCUT2D eigenvalue weighted by atomic mass is 16.7. The molecule has 7 nitrogen and oxygen atoms in total. The summed E-state index contributed by atoms with van der Waals surface area (Å²) < 4.78 is 19.7. The Morgan fingerprint density at radius 2 is 1.44 bits per heavy atom. The van der Waals surface area contributed by atoms with Crippen LogP contribution >= 0.6 is 0 Å². The van der Waals surface area contributed by atoms with Crippen molar-refractivity contribution in [3.63, 3.8) is 0 Å². The van der Waals surface area contributed by atoms with E-state index in [2.05, 4.69) is 29.4 Å². The number of hydrogen-bond donors (Lipinski definition) is 1. The van der Waals surface area contributed by atoms with Crippen LogP contribution in [0.1, 0.15) is 38.8 Å². The van der Waals surface area contributed by atoms with Gasteiger partial charge in [-0.25, -0.2) is 4.79 Å². The van der Waals surface area contributed by atoms with Gasteiger partial charge in [-0.2, -0.15) is 0 Å². The van der Waals surface area contributed by atoms with E-state index < -0.39 is 11.8 Å². The van der Waals surface area contributed by atoms with Gasteiger partial charge >= 0.3 is 12.1 Å². The molecule has 0 aromatic heterocycles. The average Bonchev–Trinajstić information content (AvgIpc) is 2.79. The lowest BCUT2D eigenvalue weighted by molar-refractivity contribution is -0.135. The van der Waals surface area contributed by atoms with Gasteiger partial charge in [0.2, 0.25) is 0 Å². The maximum absolute atomic E-state index is 11.7. The van der Waals surface area contributed by atoms with Crippen LogP contribution in [0, 0.1) is 0 Å². The van der Waals surface area contributed by atoms with Gasteiger partial charge in [-0.1, -0.05) is 43.2 Å². The molecule has 0 bridgehead atoms. The second-order valence-corrected chi connectivity index (χ2v) is 7.90. The number of carbonyl (C=O) groups is 2. The molecule has 188 valence electrons. The lowest BCUT2D eigenvalue weighted by atomic mass is 10.2. The van der Waals surface area contributed by atoms with Crippen molar-refractivity contribution in [2.24, 2.45) is 0 Å². The number of allylic oxidation sites excluding steroid dienone is 1. The molecule has 0 aliphatic carbocycles. The van der Waals surface area contributed by atoms with Crippen molar-refractivity contribution in [3.8, 4) is 11.5 Å². The van der Waals surface area contributed by atoms with Crippen molar-refractivity contribution < 1.29 is 33.6 Å². The van der Waals surface area contributed by atoms with Crippen LogP contribution in [-0.2, 0) is 19.0 Å². The maximum Gasteiger partial charge on any atom is 0.514 e. The zero-order valence-electron chi connectivity index (χ0n) is 20.8. The van der Waals surface area contributed by atoms with E-state index in [4.69, 9.17) is 14.2 Å². The third-order valence-electron chi connectivity index (χ3n) is 3.67. The van der Waals surface area contributed by atoms with Crippen LogP contribution in [0.2, 0.25) is 0 Å². The number of hydrogen-bond acceptors (Lipinski definition) is 7. The van der Waals surface area contributed by atoms with Crippen LogP contribution in [0.3, 0.4) is 0 Å². The number of ether oxygens (including phenoxy) is 4. The van der Waals surface area contributed by atoms with Crippen LogP contribution in [-0.4, -0.2) is 22.8 Å². The van der Waals surface area contributed by atoms with Crippen LogP contribution in [0.15, 0.2) is 97.5 Å². The van der Waals surface area contributed by atoms with Gasteiger partial charge in [-0.05, 0) is 68.3 Å². The first-order valence-corrected chi connectivity index (χ1v) is 10.8. The Morgan fingerprint density at radius 1 is 0.889 bits per heavy atom. The lowest BCUT2D eigenvalue weighted by Crippen LogP contribution is -2.25. The topological polar surface area (TPSA) is 91.3 Å². The van der Waals surface area contributed by atoms with Crippen LogP contribution in [0.4, 0.5) is 4.79 Å². The number of esters is 1. The van der Waals surface area contributed by atoms with E-state index in [1.807, 2.05) is 0 Å². The van der Waals surface area contributed by atoms with E-state index in [1.54, 1.807) is 87.5 Å². The lowest BCUT2D eigenvalue weighted by Gasteiger charge is -2.18. The van der Waals surface area contributed by atoms with Crippen molar-refractivity contribution in [3.05, 3.63) is 109 Å². The second-order valence-electron chi connectivity index (χ2n) is 7.90. The van der Waals surface area contributed by atoms with Gasteiger partial charge in [0.1, 0.15) is 17.1 Å². The Balaban J connectivity index is 0.000000960. The van der Waals surface area contributed by atoms with Crippen molar-refractivity contribution >= 4 is 24.3 Å². The minimum atomic E-state index is -0.748. The maximum atomic E-state index is 11.7. The third kappa shape index (κ3) is 13.8. The summed E-state index contributed by atoms with van der Waals surface area (Å²) in [5.41, 5.74) is 7.10. The molecule has 0 heterocycles. The summed E-state index contributed by atoms with van der Waals surface area (Å²) in [6.45, 7) is 13.3. The predicted octanol–water partition coefficient (Wildman–Crippen LogP) is 6.92. The molecule has 7 heteroatoms. The largest absolute Gasteiger partial charge is 0.514 e. The standard InChI is InChI=1S/C25H24O5.C4H6O2/c1-5-28-22(16-11-20-9-14-21(26)15-10-20)8-6-7-19-12-17-23(18-13-19)29-24(27)30-25(2,3)4;1-3-6-4(2)5/h5,7-15,17-18,26H,1H2,2-4H3;3H,1H2,2H3. The molecular formula is C29H30O7. The molecule has 0 spiro atoms. The third-order valence-corrected chi connectivity index (χ3v) is 3.67. The summed E-state index contributed by atoms with van der Waals surface area (Å²) in [5.74, 6) is 0.672. The van der Waals surface area contributed by atoms with Crippen molar-refractivity contribution in [2.75, 3.05) is 0 Å². The van der Waals surface area contributed by atoms with Gasteiger partial charge in [0.15, 0.2) is 5.76 Å². The minimum absolute atomic E-state index is 0.198. The Kier molecular flexibility index (Phi) is 12.4. The highest BCUT2D eigenvalue weighted by Crippen LogP contribution is 2.16. The fourth-order valence-electron chi connectivity index (χ4n) is 2.25. The number of benzene rings is 2. The number of phenolic OH excluding ortho intramolecular Hbond substituents is 1. The highest BCUT2D eigenvalue weighted by molar-refractivity contribution is 5.66. The Hall–Kier alpha value is -4.70. The molecule has 0 fully saturated rings. The molecule has 1 N–H and O–H groups in total. The summed E-state index contributed by atoms with van der Waals surface area (Å²) in [4.78, 5) is 21.4. The highest BCUT2D eigenvalue weighted by Gasteiger charge is 2.17. The zero-order valence-corrected chi connectivity index (χ0v) is 20.8. The van der Waals surface area contributed by atoms with E-state index in [-0.39, 0.29) is 11.7 Å².